The Labute approximate surface area is 116 Å². The Bertz CT molecular complexity index is 818. The third-order valence-corrected chi connectivity index (χ3v) is 3.36. The van der Waals surface area contributed by atoms with Gasteiger partial charge in [0.05, 0.1) is 17.5 Å². The van der Waals surface area contributed by atoms with Gasteiger partial charge in [0.1, 0.15) is 0 Å². The molecular formula is C12H10F3N5O. The number of carbonyl (C=O) groups excluding carboxylic acids is 1. The van der Waals surface area contributed by atoms with Gasteiger partial charge in [0.25, 0.3) is 5.91 Å². The lowest BCUT2D eigenvalue weighted by Gasteiger charge is -2.13. The van der Waals surface area contributed by atoms with Crippen molar-refractivity contribution >= 4 is 17.1 Å². The van der Waals surface area contributed by atoms with Gasteiger partial charge in [-0.3, -0.25) is 4.79 Å². The molecular weight excluding hydrogens is 287 g/mol. The molecule has 0 fully saturated rings. The molecule has 1 aliphatic rings. The summed E-state index contributed by atoms with van der Waals surface area (Å²) in [4.78, 5) is 15.1. The Morgan fingerprint density at radius 2 is 2.10 bits per heavy atom. The maximum Gasteiger partial charge on any atom is 0.434 e. The van der Waals surface area contributed by atoms with Crippen LogP contribution in [-0.4, -0.2) is 20.5 Å². The van der Waals surface area contributed by atoms with Gasteiger partial charge in [-0.1, -0.05) is 0 Å². The molecule has 9 heteroatoms. The van der Waals surface area contributed by atoms with Crippen molar-refractivity contribution in [1.29, 1.82) is 0 Å². The summed E-state index contributed by atoms with van der Waals surface area (Å²) >= 11 is 0. The molecule has 3 rings (SSSR count). The fraction of sp³-hybridized carbons (Fsp3) is 0.250. The summed E-state index contributed by atoms with van der Waals surface area (Å²) in [6.45, 7) is 1.60. The van der Waals surface area contributed by atoms with Gasteiger partial charge in [0.2, 0.25) is 0 Å². The number of nitrogens with two attached hydrogens (primary N) is 2. The maximum absolute atomic E-state index is 13.3. The number of amides is 1. The fourth-order valence-corrected chi connectivity index (χ4v) is 2.50. The van der Waals surface area contributed by atoms with Crippen LogP contribution in [0.3, 0.4) is 0 Å². The SMILES string of the molecule is Cc1cnn2c3c(c(C(F)(F)F)nc12)C(C(N)=O)=C(N)C3. The summed E-state index contributed by atoms with van der Waals surface area (Å²) in [7, 11) is 0. The first-order chi connectivity index (χ1) is 9.71. The van der Waals surface area contributed by atoms with Crippen molar-refractivity contribution in [2.45, 2.75) is 19.5 Å². The molecule has 2 heterocycles. The second-order valence-corrected chi connectivity index (χ2v) is 4.78. The van der Waals surface area contributed by atoms with E-state index >= 15 is 0 Å². The zero-order valence-electron chi connectivity index (χ0n) is 10.8. The molecule has 4 N–H and O–H groups in total. The van der Waals surface area contributed by atoms with Gasteiger partial charge in [-0.15, -0.1) is 0 Å². The molecule has 0 saturated carbocycles. The molecule has 21 heavy (non-hydrogen) atoms. The van der Waals surface area contributed by atoms with Crippen LogP contribution < -0.4 is 11.5 Å². The predicted octanol–water partition coefficient (Wildman–Crippen LogP) is 0.768. The van der Waals surface area contributed by atoms with Crippen LogP contribution in [-0.2, 0) is 17.4 Å². The highest BCUT2D eigenvalue weighted by Gasteiger charge is 2.42. The minimum atomic E-state index is -4.73. The molecule has 0 aliphatic heterocycles. The molecule has 0 radical (unpaired) electrons. The Morgan fingerprint density at radius 3 is 2.67 bits per heavy atom. The molecule has 0 spiro atoms. The first-order valence-electron chi connectivity index (χ1n) is 5.95. The standard InChI is InChI=1S/C12H10F3N5O/c1-4-3-18-20-6-2-5(16)7(10(17)21)8(6)9(12(13,14)15)19-11(4)20/h3H,2,16H2,1H3,(H2,17,21). The van der Waals surface area contributed by atoms with Crippen LogP contribution in [0.5, 0.6) is 0 Å². The van der Waals surface area contributed by atoms with E-state index in [2.05, 4.69) is 10.1 Å². The van der Waals surface area contributed by atoms with Crippen LogP contribution in [0.25, 0.3) is 11.2 Å². The number of halogens is 3. The number of hydrogen-bond donors (Lipinski definition) is 2. The summed E-state index contributed by atoms with van der Waals surface area (Å²) in [6.07, 6.45) is -3.36. The fourth-order valence-electron chi connectivity index (χ4n) is 2.50. The lowest BCUT2D eigenvalue weighted by atomic mass is 10.1. The number of fused-ring (bicyclic) bond motifs is 3. The van der Waals surface area contributed by atoms with E-state index in [4.69, 9.17) is 11.5 Å². The minimum absolute atomic E-state index is 0.00884. The largest absolute Gasteiger partial charge is 0.434 e. The highest BCUT2D eigenvalue weighted by molar-refractivity contribution is 6.21. The van der Waals surface area contributed by atoms with Crippen molar-refractivity contribution in [2.75, 3.05) is 0 Å². The van der Waals surface area contributed by atoms with Crippen LogP contribution in [0, 0.1) is 6.92 Å². The molecule has 0 aromatic carbocycles. The number of nitrogens with zero attached hydrogens (tertiary/aromatic N) is 3. The van der Waals surface area contributed by atoms with E-state index in [1.165, 1.54) is 10.7 Å². The van der Waals surface area contributed by atoms with E-state index in [9.17, 15) is 18.0 Å². The quantitative estimate of drug-likeness (QED) is 0.812. The Hall–Kier alpha value is -2.58. The smallest absolute Gasteiger partial charge is 0.401 e. The lowest BCUT2D eigenvalue weighted by molar-refractivity contribution is -0.141. The van der Waals surface area contributed by atoms with E-state index < -0.39 is 17.8 Å². The monoisotopic (exact) mass is 297 g/mol. The molecule has 2 aromatic rings. The summed E-state index contributed by atoms with van der Waals surface area (Å²) < 4.78 is 41.1. The Morgan fingerprint density at radius 1 is 1.43 bits per heavy atom. The zero-order valence-corrected chi connectivity index (χ0v) is 10.8. The number of rotatable bonds is 1. The number of aryl methyl sites for hydroxylation is 1. The number of carbonyl (C=O) groups is 1. The van der Waals surface area contributed by atoms with E-state index in [1.54, 1.807) is 6.92 Å². The topological polar surface area (TPSA) is 99.3 Å². The number of allylic oxidation sites excluding steroid dienone is 1. The van der Waals surface area contributed by atoms with Crippen molar-refractivity contribution in [3.8, 4) is 0 Å². The second-order valence-electron chi connectivity index (χ2n) is 4.78. The van der Waals surface area contributed by atoms with Gasteiger partial charge in [-0.05, 0) is 6.92 Å². The molecule has 0 bridgehead atoms. The van der Waals surface area contributed by atoms with Gasteiger partial charge in [-0.25, -0.2) is 9.50 Å². The van der Waals surface area contributed by atoms with Gasteiger partial charge in [0, 0.05) is 23.2 Å². The molecule has 0 unspecified atom stereocenters. The third kappa shape index (κ3) is 1.77. The summed E-state index contributed by atoms with van der Waals surface area (Å²) in [5, 5.41) is 3.99. The third-order valence-electron chi connectivity index (χ3n) is 3.36. The number of hydrogen-bond acceptors (Lipinski definition) is 4. The van der Waals surface area contributed by atoms with Gasteiger partial charge in [-0.2, -0.15) is 18.3 Å². The van der Waals surface area contributed by atoms with Crippen molar-refractivity contribution < 1.29 is 18.0 Å². The van der Waals surface area contributed by atoms with Crippen molar-refractivity contribution in [1.82, 2.24) is 14.6 Å². The van der Waals surface area contributed by atoms with Crippen LogP contribution in [0.15, 0.2) is 11.9 Å². The molecule has 1 aliphatic carbocycles. The van der Waals surface area contributed by atoms with E-state index in [0.717, 1.165) is 0 Å². The van der Waals surface area contributed by atoms with E-state index in [-0.39, 0.29) is 34.6 Å². The molecule has 6 nitrogen and oxygen atoms in total. The van der Waals surface area contributed by atoms with Gasteiger partial charge in [0.15, 0.2) is 11.3 Å². The predicted molar refractivity (Wildman–Crippen MR) is 66.7 cm³/mol. The first kappa shape index (κ1) is 13.4. The van der Waals surface area contributed by atoms with Crippen LogP contribution >= 0.6 is 0 Å². The second kappa shape index (κ2) is 3.96. The zero-order chi connectivity index (χ0) is 15.5. The summed E-state index contributed by atoms with van der Waals surface area (Å²) in [5.74, 6) is -1.01. The Kier molecular flexibility index (Phi) is 2.53. The molecule has 0 saturated heterocycles. The molecule has 0 atom stereocenters. The summed E-state index contributed by atoms with van der Waals surface area (Å²) in [5.41, 5.74) is 9.72. The average molecular weight is 297 g/mol. The minimum Gasteiger partial charge on any atom is -0.401 e. The van der Waals surface area contributed by atoms with E-state index in [1.807, 2.05) is 0 Å². The average Bonchev–Trinajstić information content (AvgIpc) is 2.87. The normalized spacial score (nSPS) is 14.9. The lowest BCUT2D eigenvalue weighted by Crippen LogP contribution is -2.20. The highest BCUT2D eigenvalue weighted by atomic mass is 19.4. The van der Waals surface area contributed by atoms with E-state index in [0.29, 0.717) is 5.56 Å². The van der Waals surface area contributed by atoms with Crippen molar-refractivity contribution in [3.05, 3.63) is 34.4 Å². The Balaban J connectivity index is 2.46. The number of aromatic nitrogens is 3. The van der Waals surface area contributed by atoms with Crippen molar-refractivity contribution in [3.63, 3.8) is 0 Å². The first-order valence-corrected chi connectivity index (χ1v) is 5.95. The van der Waals surface area contributed by atoms with Gasteiger partial charge < -0.3 is 11.5 Å². The maximum atomic E-state index is 13.3. The molecule has 110 valence electrons. The van der Waals surface area contributed by atoms with Crippen LogP contribution in [0.4, 0.5) is 13.2 Å². The summed E-state index contributed by atoms with van der Waals surface area (Å²) in [6, 6.07) is 0. The number of primary amides is 1. The van der Waals surface area contributed by atoms with Crippen LogP contribution in [0.1, 0.15) is 22.5 Å². The van der Waals surface area contributed by atoms with Crippen molar-refractivity contribution in [2.24, 2.45) is 11.5 Å². The number of alkyl halides is 3. The highest BCUT2D eigenvalue weighted by Crippen LogP contribution is 2.40. The van der Waals surface area contributed by atoms with Gasteiger partial charge >= 0.3 is 6.18 Å². The molecule has 2 aromatic heterocycles. The molecule has 1 amide bonds. The van der Waals surface area contributed by atoms with Crippen LogP contribution in [0.2, 0.25) is 0 Å².